The molecular formula is C11H21ISi. The van der Waals surface area contributed by atoms with Gasteiger partial charge in [-0.1, -0.05) is 56.1 Å². The fourth-order valence-corrected chi connectivity index (χ4v) is 1.87. The molecule has 0 aromatic heterocycles. The molecule has 0 bridgehead atoms. The average molecular weight is 308 g/mol. The highest BCUT2D eigenvalue weighted by atomic mass is 127. The maximum atomic E-state index is 3.40. The van der Waals surface area contributed by atoms with E-state index in [0.29, 0.717) is 0 Å². The Morgan fingerprint density at radius 3 is 2.15 bits per heavy atom. The van der Waals surface area contributed by atoms with Crippen molar-refractivity contribution in [2.24, 2.45) is 5.92 Å². The Morgan fingerprint density at radius 2 is 1.77 bits per heavy atom. The minimum atomic E-state index is -1.12. The van der Waals surface area contributed by atoms with Crippen LogP contribution in [0, 0.1) is 17.4 Å². The van der Waals surface area contributed by atoms with Gasteiger partial charge in [0.15, 0.2) is 0 Å². The molecule has 0 saturated heterocycles. The van der Waals surface area contributed by atoms with E-state index in [1.54, 1.807) is 0 Å². The highest BCUT2D eigenvalue weighted by molar-refractivity contribution is 14.1. The van der Waals surface area contributed by atoms with Crippen LogP contribution < -0.4 is 0 Å². The Balaban J connectivity index is 3.72. The van der Waals surface area contributed by atoms with Gasteiger partial charge in [0.1, 0.15) is 8.07 Å². The first-order valence-electron chi connectivity index (χ1n) is 4.97. The summed E-state index contributed by atoms with van der Waals surface area (Å²) in [5.74, 6) is 4.12. The highest BCUT2D eigenvalue weighted by Gasteiger charge is 2.08. The lowest BCUT2D eigenvalue weighted by molar-refractivity contribution is 0.551. The van der Waals surface area contributed by atoms with Gasteiger partial charge < -0.3 is 0 Å². The van der Waals surface area contributed by atoms with E-state index >= 15 is 0 Å². The van der Waals surface area contributed by atoms with Gasteiger partial charge in [0.05, 0.1) is 0 Å². The predicted octanol–water partition coefficient (Wildman–Crippen LogP) is 4.11. The summed E-state index contributed by atoms with van der Waals surface area (Å²) in [5, 5.41) is 0. The van der Waals surface area contributed by atoms with Crippen molar-refractivity contribution < 1.29 is 0 Å². The molecule has 0 saturated carbocycles. The molecule has 0 aliphatic heterocycles. The SMILES string of the molecule is C[C@@H](I)[C@@H](C)CCC#C[Si](C)(C)C. The van der Waals surface area contributed by atoms with Crippen molar-refractivity contribution in [2.45, 2.75) is 50.3 Å². The van der Waals surface area contributed by atoms with Gasteiger partial charge in [0.2, 0.25) is 0 Å². The third kappa shape index (κ3) is 8.83. The van der Waals surface area contributed by atoms with Crippen LogP contribution in [-0.4, -0.2) is 12.0 Å². The molecule has 0 aromatic carbocycles. The molecule has 0 N–H and O–H groups in total. The van der Waals surface area contributed by atoms with Gasteiger partial charge in [0.25, 0.3) is 0 Å². The van der Waals surface area contributed by atoms with Crippen LogP contribution in [0.1, 0.15) is 26.7 Å². The third-order valence-electron chi connectivity index (χ3n) is 1.97. The molecule has 13 heavy (non-hydrogen) atoms. The van der Waals surface area contributed by atoms with Gasteiger partial charge in [-0.05, 0) is 12.3 Å². The maximum Gasteiger partial charge on any atom is 0.129 e. The van der Waals surface area contributed by atoms with Crippen LogP contribution in [0.15, 0.2) is 0 Å². The molecule has 0 fully saturated rings. The summed E-state index contributed by atoms with van der Waals surface area (Å²) in [7, 11) is -1.12. The summed E-state index contributed by atoms with van der Waals surface area (Å²) in [6.07, 6.45) is 2.33. The first-order valence-corrected chi connectivity index (χ1v) is 9.71. The fourth-order valence-electron chi connectivity index (χ4n) is 0.857. The van der Waals surface area contributed by atoms with Crippen molar-refractivity contribution in [1.82, 2.24) is 0 Å². The van der Waals surface area contributed by atoms with Crippen LogP contribution >= 0.6 is 22.6 Å². The van der Waals surface area contributed by atoms with E-state index in [9.17, 15) is 0 Å². The van der Waals surface area contributed by atoms with Gasteiger partial charge in [0, 0.05) is 10.3 Å². The molecule has 0 unspecified atom stereocenters. The Morgan fingerprint density at radius 1 is 1.23 bits per heavy atom. The molecule has 0 spiro atoms. The number of halogens is 1. The molecule has 76 valence electrons. The van der Waals surface area contributed by atoms with Gasteiger partial charge in [-0.3, -0.25) is 0 Å². The molecule has 0 heterocycles. The number of hydrogen-bond donors (Lipinski definition) is 0. The zero-order valence-electron chi connectivity index (χ0n) is 9.45. The van der Waals surface area contributed by atoms with Gasteiger partial charge >= 0.3 is 0 Å². The maximum absolute atomic E-state index is 3.40. The topological polar surface area (TPSA) is 0 Å². The molecular weight excluding hydrogens is 287 g/mol. The first kappa shape index (κ1) is 13.5. The van der Waals surface area contributed by atoms with Crippen molar-refractivity contribution in [1.29, 1.82) is 0 Å². The minimum Gasteiger partial charge on any atom is -0.132 e. The summed E-state index contributed by atoms with van der Waals surface area (Å²) in [6.45, 7) is 11.5. The Kier molecular flexibility index (Phi) is 6.31. The fraction of sp³-hybridized carbons (Fsp3) is 0.818. The predicted molar refractivity (Wildman–Crippen MR) is 73.0 cm³/mol. The van der Waals surface area contributed by atoms with E-state index in [1.807, 2.05) is 0 Å². The van der Waals surface area contributed by atoms with E-state index in [1.165, 1.54) is 6.42 Å². The van der Waals surface area contributed by atoms with Crippen LogP contribution in [0.5, 0.6) is 0 Å². The summed E-state index contributed by atoms with van der Waals surface area (Å²) in [4.78, 5) is 0. The van der Waals surface area contributed by atoms with E-state index in [0.717, 1.165) is 16.3 Å². The largest absolute Gasteiger partial charge is 0.132 e. The molecule has 0 amide bonds. The number of rotatable bonds is 3. The average Bonchev–Trinajstić information content (AvgIpc) is 1.95. The zero-order valence-corrected chi connectivity index (χ0v) is 12.6. The quantitative estimate of drug-likeness (QED) is 0.319. The summed E-state index contributed by atoms with van der Waals surface area (Å²) < 4.78 is 0.770. The summed E-state index contributed by atoms with van der Waals surface area (Å²) >= 11 is 2.50. The van der Waals surface area contributed by atoms with E-state index in [2.05, 4.69) is 67.5 Å². The number of alkyl halides is 1. The van der Waals surface area contributed by atoms with Crippen molar-refractivity contribution in [2.75, 3.05) is 0 Å². The second-order valence-electron chi connectivity index (χ2n) is 4.75. The van der Waals surface area contributed by atoms with Gasteiger partial charge in [-0.15, -0.1) is 11.5 Å². The molecule has 2 heteroatoms. The normalized spacial score (nSPS) is 15.8. The Labute approximate surface area is 98.0 Å². The van der Waals surface area contributed by atoms with Crippen LogP contribution in [0.4, 0.5) is 0 Å². The molecule has 0 aromatic rings. The lowest BCUT2D eigenvalue weighted by atomic mass is 10.0. The zero-order chi connectivity index (χ0) is 10.5. The molecule has 0 aliphatic carbocycles. The second-order valence-corrected chi connectivity index (χ2v) is 11.5. The molecule has 0 aliphatic rings. The second kappa shape index (κ2) is 6.08. The van der Waals surface area contributed by atoms with Crippen LogP contribution in [0.3, 0.4) is 0 Å². The highest BCUT2D eigenvalue weighted by Crippen LogP contribution is 2.17. The van der Waals surface area contributed by atoms with Crippen molar-refractivity contribution in [3.63, 3.8) is 0 Å². The van der Waals surface area contributed by atoms with Crippen molar-refractivity contribution in [3.05, 3.63) is 0 Å². The van der Waals surface area contributed by atoms with Crippen molar-refractivity contribution in [3.8, 4) is 11.5 Å². The van der Waals surface area contributed by atoms with Gasteiger partial charge in [-0.25, -0.2) is 0 Å². The number of hydrogen-bond acceptors (Lipinski definition) is 0. The van der Waals surface area contributed by atoms with Crippen LogP contribution in [-0.2, 0) is 0 Å². The van der Waals surface area contributed by atoms with Crippen LogP contribution in [0.25, 0.3) is 0 Å². The smallest absolute Gasteiger partial charge is 0.129 e. The summed E-state index contributed by atoms with van der Waals surface area (Å²) in [5.41, 5.74) is 3.40. The molecule has 0 rings (SSSR count). The molecule has 2 atom stereocenters. The molecule has 0 nitrogen and oxygen atoms in total. The van der Waals surface area contributed by atoms with E-state index < -0.39 is 8.07 Å². The van der Waals surface area contributed by atoms with E-state index in [4.69, 9.17) is 0 Å². The lowest BCUT2D eigenvalue weighted by Crippen LogP contribution is -2.16. The van der Waals surface area contributed by atoms with Crippen molar-refractivity contribution >= 4 is 30.7 Å². The molecule has 0 radical (unpaired) electrons. The lowest BCUT2D eigenvalue weighted by Gasteiger charge is -2.11. The van der Waals surface area contributed by atoms with Gasteiger partial charge in [-0.2, -0.15) is 0 Å². The first-order chi connectivity index (χ1) is 5.83. The van der Waals surface area contributed by atoms with Crippen LogP contribution in [0.2, 0.25) is 19.6 Å². The Hall–Kier alpha value is 0.507. The van der Waals surface area contributed by atoms with E-state index in [-0.39, 0.29) is 0 Å². The Bertz CT molecular complexity index is 192. The summed E-state index contributed by atoms with van der Waals surface area (Å²) in [6, 6.07) is 0. The third-order valence-corrected chi connectivity index (χ3v) is 4.13. The minimum absolute atomic E-state index is 0.770. The monoisotopic (exact) mass is 308 g/mol. The standard InChI is InChI=1S/C11H21ISi/c1-10(11(2)12)8-6-7-9-13(3,4)5/h10-11H,6,8H2,1-5H3/t10-,11+/m0/s1.